The van der Waals surface area contributed by atoms with E-state index in [0.29, 0.717) is 7.14 Å². The SMILES string of the molecule is C.CC.CC.CC.COC.COc1cccc(I)c1S(N)(=O)=O.NS(=O)(=O)c1c(O)cccc1I. The number of hydrogen-bond acceptors (Lipinski definition) is 7. The van der Waals surface area contributed by atoms with Crippen LogP contribution >= 0.6 is 45.2 Å². The summed E-state index contributed by atoms with van der Waals surface area (Å²) in [6, 6.07) is 9.30. The molecule has 0 bridgehead atoms. The Morgan fingerprint density at radius 2 is 1.03 bits per heavy atom. The minimum absolute atomic E-state index is 0. The largest absolute Gasteiger partial charge is 0.506 e. The molecule has 0 heterocycles. The molecule has 0 unspecified atom stereocenters. The number of nitrogens with two attached hydrogens (primary N) is 2. The number of ether oxygens (including phenoxy) is 2. The molecule has 0 amide bonds. The Hall–Kier alpha value is -0.720. The molecule has 0 aliphatic rings. The van der Waals surface area contributed by atoms with Gasteiger partial charge in [-0.15, -0.1) is 0 Å². The second-order valence-corrected chi connectivity index (χ2v) is 10.2. The zero-order valence-corrected chi connectivity index (χ0v) is 27.0. The first-order valence-electron chi connectivity index (χ1n) is 10.1. The second-order valence-electron chi connectivity index (χ2n) is 4.86. The molecule has 13 heteroatoms. The molecule has 0 fully saturated rings. The number of sulfonamides is 2. The number of hydrogen-bond donors (Lipinski definition) is 3. The van der Waals surface area contributed by atoms with Crippen molar-refractivity contribution in [2.45, 2.75) is 58.8 Å². The van der Waals surface area contributed by atoms with Crippen LogP contribution in [0.5, 0.6) is 11.5 Å². The number of phenolic OH excluding ortho intramolecular Hbond substituents is 1. The van der Waals surface area contributed by atoms with E-state index in [1.807, 2.05) is 64.1 Å². The van der Waals surface area contributed by atoms with Gasteiger partial charge in [-0.2, -0.15) is 0 Å². The van der Waals surface area contributed by atoms with Crippen molar-refractivity contribution in [3.63, 3.8) is 0 Å². The van der Waals surface area contributed by atoms with Gasteiger partial charge in [-0.25, -0.2) is 27.1 Å². The molecule has 2 aromatic rings. The molecule has 208 valence electrons. The first kappa shape index (κ1) is 44.3. The molecule has 2 aromatic carbocycles. The Balaban J connectivity index is -0.000000127. The van der Waals surface area contributed by atoms with E-state index in [2.05, 4.69) is 4.74 Å². The lowest BCUT2D eigenvalue weighted by molar-refractivity contribution is 0.277. The van der Waals surface area contributed by atoms with E-state index >= 15 is 0 Å². The average molecular weight is 765 g/mol. The predicted molar refractivity (Wildman–Crippen MR) is 163 cm³/mol. The van der Waals surface area contributed by atoms with Crippen LogP contribution in [0.25, 0.3) is 0 Å². The van der Waals surface area contributed by atoms with Gasteiger partial charge in [-0.3, -0.25) is 0 Å². The van der Waals surface area contributed by atoms with Crippen LogP contribution in [0.2, 0.25) is 0 Å². The molecular formula is C22H42I2N2O7S2. The maximum Gasteiger partial charge on any atom is 0.242 e. The smallest absolute Gasteiger partial charge is 0.242 e. The van der Waals surface area contributed by atoms with Crippen molar-refractivity contribution in [3.8, 4) is 11.5 Å². The summed E-state index contributed by atoms with van der Waals surface area (Å²) in [5, 5.41) is 19.1. The third-order valence-electron chi connectivity index (χ3n) is 2.67. The highest BCUT2D eigenvalue weighted by atomic mass is 127. The summed E-state index contributed by atoms with van der Waals surface area (Å²) in [5.74, 6) is -0.0428. The van der Waals surface area contributed by atoms with Crippen LogP contribution in [0.3, 0.4) is 0 Å². The van der Waals surface area contributed by atoms with Crippen molar-refractivity contribution in [3.05, 3.63) is 43.5 Å². The lowest BCUT2D eigenvalue weighted by Crippen LogP contribution is -2.14. The van der Waals surface area contributed by atoms with E-state index in [9.17, 15) is 16.8 Å². The summed E-state index contributed by atoms with van der Waals surface area (Å²) in [4.78, 5) is -0.177. The van der Waals surface area contributed by atoms with E-state index in [1.54, 1.807) is 67.1 Å². The fourth-order valence-corrected chi connectivity index (χ4v) is 5.97. The summed E-state index contributed by atoms with van der Waals surface area (Å²) >= 11 is 3.69. The molecule has 0 saturated carbocycles. The molecule has 0 aliphatic heterocycles. The van der Waals surface area contributed by atoms with Gasteiger partial charge in [0.05, 0.1) is 7.11 Å². The normalized spacial score (nSPS) is 9.17. The van der Waals surface area contributed by atoms with Gasteiger partial charge in [-0.05, 0) is 69.4 Å². The minimum Gasteiger partial charge on any atom is -0.506 e. The molecule has 0 aromatic heterocycles. The summed E-state index contributed by atoms with van der Waals surface area (Å²) in [7, 11) is -2.88. The van der Waals surface area contributed by atoms with Crippen molar-refractivity contribution >= 4 is 65.2 Å². The summed E-state index contributed by atoms with van der Waals surface area (Å²) in [6.45, 7) is 12.0. The predicted octanol–water partition coefficient (Wildman–Crippen LogP) is 5.57. The number of benzene rings is 2. The van der Waals surface area contributed by atoms with Gasteiger partial charge < -0.3 is 14.6 Å². The van der Waals surface area contributed by atoms with Gasteiger partial charge in [0.2, 0.25) is 20.0 Å². The molecule has 2 rings (SSSR count). The number of halogens is 2. The van der Waals surface area contributed by atoms with Gasteiger partial charge in [0.25, 0.3) is 0 Å². The third kappa shape index (κ3) is 19.1. The van der Waals surface area contributed by atoms with Crippen LogP contribution in [-0.4, -0.2) is 43.3 Å². The van der Waals surface area contributed by atoms with Gasteiger partial charge in [-0.1, -0.05) is 61.1 Å². The molecule has 0 spiro atoms. The maximum absolute atomic E-state index is 11.1. The first-order chi connectivity index (χ1) is 15.8. The van der Waals surface area contributed by atoms with Crippen LogP contribution in [0, 0.1) is 7.14 Å². The summed E-state index contributed by atoms with van der Waals surface area (Å²) in [6.07, 6.45) is 0. The molecule has 0 aliphatic carbocycles. The number of methoxy groups -OCH3 is 2. The van der Waals surface area contributed by atoms with Crippen LogP contribution in [0.1, 0.15) is 49.0 Å². The van der Waals surface area contributed by atoms with Gasteiger partial charge in [0.1, 0.15) is 21.3 Å². The highest BCUT2D eigenvalue weighted by Gasteiger charge is 2.18. The Kier molecular flexibility index (Phi) is 31.6. The zero-order chi connectivity index (χ0) is 28.1. The fraction of sp³-hybridized carbons (Fsp3) is 0.455. The van der Waals surface area contributed by atoms with Crippen molar-refractivity contribution in [1.29, 1.82) is 0 Å². The molecule has 0 atom stereocenters. The second kappa shape index (κ2) is 25.0. The number of phenols is 1. The Bertz CT molecular complexity index is 983. The maximum atomic E-state index is 11.1. The van der Waals surface area contributed by atoms with Crippen molar-refractivity contribution in [1.82, 2.24) is 0 Å². The van der Waals surface area contributed by atoms with E-state index < -0.39 is 20.0 Å². The lowest BCUT2D eigenvalue weighted by Gasteiger charge is -2.07. The molecule has 0 saturated heterocycles. The molecule has 35 heavy (non-hydrogen) atoms. The van der Waals surface area contributed by atoms with Gasteiger partial charge in [0, 0.05) is 21.4 Å². The van der Waals surface area contributed by atoms with E-state index in [0.717, 1.165) is 0 Å². The van der Waals surface area contributed by atoms with Crippen LogP contribution in [0.15, 0.2) is 46.2 Å². The Morgan fingerprint density at radius 3 is 1.26 bits per heavy atom. The molecule has 0 radical (unpaired) electrons. The number of rotatable bonds is 3. The summed E-state index contributed by atoms with van der Waals surface area (Å²) < 4.78 is 54.1. The number of aromatic hydroxyl groups is 1. The van der Waals surface area contributed by atoms with Crippen LogP contribution in [-0.2, 0) is 24.8 Å². The average Bonchev–Trinajstić information content (AvgIpc) is 2.77. The molecular weight excluding hydrogens is 722 g/mol. The third-order valence-corrected chi connectivity index (χ3v) is 7.18. The quantitative estimate of drug-likeness (QED) is 0.345. The van der Waals surface area contributed by atoms with Crippen LogP contribution in [0.4, 0.5) is 0 Å². The highest BCUT2D eigenvalue weighted by Crippen LogP contribution is 2.27. The van der Waals surface area contributed by atoms with Gasteiger partial charge in [0.15, 0.2) is 0 Å². The van der Waals surface area contributed by atoms with Crippen molar-refractivity contribution in [2.24, 2.45) is 10.3 Å². The minimum atomic E-state index is -3.82. The topological polar surface area (TPSA) is 159 Å². The van der Waals surface area contributed by atoms with E-state index in [-0.39, 0.29) is 28.7 Å². The lowest BCUT2D eigenvalue weighted by atomic mass is 10.3. The standard InChI is InChI=1S/C7H8INO3S.C6H6INO3S.C2H6O.3C2H6.CH4/c1-12-6-4-2-3-5(8)7(6)13(9,10)11;7-4-2-1-3-5(9)6(4)12(8,10)11;1-3-2;3*1-2;/h2-4H,1H3,(H2,9,10,11);1-3,9H,(H2,8,10,11);1-2H3;3*1-2H3;1H4. The Morgan fingerprint density at radius 1 is 0.714 bits per heavy atom. The number of primary sulfonamides is 2. The van der Waals surface area contributed by atoms with Crippen LogP contribution < -0.4 is 15.0 Å². The first-order valence-corrected chi connectivity index (χ1v) is 15.3. The van der Waals surface area contributed by atoms with E-state index in [4.69, 9.17) is 20.1 Å². The van der Waals surface area contributed by atoms with Crippen molar-refractivity contribution in [2.75, 3.05) is 21.3 Å². The molecule has 9 nitrogen and oxygen atoms in total. The monoisotopic (exact) mass is 764 g/mol. The fourth-order valence-electron chi connectivity index (χ4n) is 1.71. The Labute approximate surface area is 240 Å². The van der Waals surface area contributed by atoms with E-state index in [1.165, 1.54) is 13.2 Å². The summed E-state index contributed by atoms with van der Waals surface area (Å²) in [5.41, 5.74) is 0. The van der Waals surface area contributed by atoms with Gasteiger partial charge >= 0.3 is 0 Å². The van der Waals surface area contributed by atoms with Crippen molar-refractivity contribution < 1.29 is 31.4 Å². The molecule has 5 N–H and O–H groups in total. The highest BCUT2D eigenvalue weighted by molar-refractivity contribution is 14.1. The zero-order valence-electron chi connectivity index (χ0n) is 21.1.